The summed E-state index contributed by atoms with van der Waals surface area (Å²) >= 11 is 0. The summed E-state index contributed by atoms with van der Waals surface area (Å²) < 4.78 is 24.2. The monoisotopic (exact) mass is 200 g/mol. The molecular formula is C12H18F2. The molecule has 0 N–H and O–H groups in total. The smallest absolute Gasteiger partial charge is 0.205 e. The van der Waals surface area contributed by atoms with Gasteiger partial charge in [-0.3, -0.25) is 0 Å². The van der Waals surface area contributed by atoms with Crippen LogP contribution in [0.15, 0.2) is 24.3 Å². The normalized spacial score (nSPS) is 9.57. The van der Waals surface area contributed by atoms with Crippen molar-refractivity contribution in [1.82, 2.24) is 0 Å². The largest absolute Gasteiger partial charge is 0.263 e. The molecule has 0 bridgehead atoms. The fourth-order valence-corrected chi connectivity index (χ4v) is 1.12. The highest BCUT2D eigenvalue weighted by Gasteiger charge is 2.04. The third kappa shape index (κ3) is 4.35. The molecule has 0 amide bonds. The van der Waals surface area contributed by atoms with Gasteiger partial charge in [0.25, 0.3) is 6.43 Å². The van der Waals surface area contributed by atoms with Gasteiger partial charge in [0.2, 0.25) is 0 Å². The summed E-state index contributed by atoms with van der Waals surface area (Å²) in [4.78, 5) is 0. The van der Waals surface area contributed by atoms with Crippen molar-refractivity contribution in [2.75, 3.05) is 0 Å². The maximum Gasteiger partial charge on any atom is 0.263 e. The Hall–Kier alpha value is -0.920. The van der Waals surface area contributed by atoms with Gasteiger partial charge in [-0.05, 0) is 12.0 Å². The van der Waals surface area contributed by atoms with Gasteiger partial charge in [-0.25, -0.2) is 8.78 Å². The third-order valence-corrected chi connectivity index (χ3v) is 1.77. The van der Waals surface area contributed by atoms with E-state index in [0.29, 0.717) is 0 Å². The molecule has 1 rings (SSSR count). The van der Waals surface area contributed by atoms with Crippen molar-refractivity contribution < 1.29 is 8.78 Å². The zero-order valence-electron chi connectivity index (χ0n) is 9.06. The van der Waals surface area contributed by atoms with Crippen molar-refractivity contribution in [3.63, 3.8) is 0 Å². The van der Waals surface area contributed by atoms with Crippen molar-refractivity contribution >= 4 is 0 Å². The van der Waals surface area contributed by atoms with E-state index in [2.05, 4.69) is 6.92 Å². The fourth-order valence-electron chi connectivity index (χ4n) is 1.12. The maximum absolute atomic E-state index is 12.1. The molecule has 0 aliphatic rings. The summed E-state index contributed by atoms with van der Waals surface area (Å²) in [7, 11) is 0. The van der Waals surface area contributed by atoms with Crippen LogP contribution in [0.4, 0.5) is 8.78 Å². The van der Waals surface area contributed by atoms with Crippen molar-refractivity contribution in [2.45, 2.75) is 40.0 Å². The Morgan fingerprint density at radius 2 is 1.57 bits per heavy atom. The molecule has 2 heteroatoms. The zero-order valence-corrected chi connectivity index (χ0v) is 9.06. The first-order valence-corrected chi connectivity index (χ1v) is 5.11. The molecule has 0 nitrogen and oxygen atoms in total. The van der Waals surface area contributed by atoms with Gasteiger partial charge in [-0.1, -0.05) is 51.5 Å². The number of rotatable bonds is 3. The van der Waals surface area contributed by atoms with Crippen LogP contribution in [-0.2, 0) is 6.42 Å². The molecule has 0 radical (unpaired) electrons. The molecule has 80 valence electrons. The quantitative estimate of drug-likeness (QED) is 0.668. The summed E-state index contributed by atoms with van der Waals surface area (Å²) in [6, 6.07) is 6.53. The molecule has 1 aromatic carbocycles. The Morgan fingerprint density at radius 1 is 1.07 bits per heavy atom. The number of halogens is 2. The van der Waals surface area contributed by atoms with Gasteiger partial charge in [0.1, 0.15) is 0 Å². The minimum absolute atomic E-state index is 0.106. The summed E-state index contributed by atoms with van der Waals surface area (Å²) in [5.74, 6) is 0. The first-order chi connectivity index (χ1) is 6.74. The Balaban J connectivity index is 0.000000791. The van der Waals surface area contributed by atoms with Crippen LogP contribution >= 0.6 is 0 Å². The van der Waals surface area contributed by atoms with Crippen molar-refractivity contribution in [3.8, 4) is 0 Å². The van der Waals surface area contributed by atoms with Crippen LogP contribution in [0.25, 0.3) is 0 Å². The fraction of sp³-hybridized carbons (Fsp3) is 0.500. The van der Waals surface area contributed by atoms with E-state index in [-0.39, 0.29) is 5.56 Å². The number of alkyl halides is 2. The SMILES string of the molecule is CC.CCCc1ccc(C(F)F)cc1. The molecule has 0 aliphatic heterocycles. The molecule has 0 unspecified atom stereocenters. The molecule has 0 aromatic heterocycles. The maximum atomic E-state index is 12.1. The van der Waals surface area contributed by atoms with Crippen LogP contribution < -0.4 is 0 Å². The average molecular weight is 200 g/mol. The molecule has 0 fully saturated rings. The van der Waals surface area contributed by atoms with Crippen LogP contribution in [0.3, 0.4) is 0 Å². The highest BCUT2D eigenvalue weighted by atomic mass is 19.3. The second-order valence-electron chi connectivity index (χ2n) is 2.79. The first-order valence-electron chi connectivity index (χ1n) is 5.11. The summed E-state index contributed by atoms with van der Waals surface area (Å²) in [5, 5.41) is 0. The molecule has 1 aromatic rings. The Kier molecular flexibility index (Phi) is 6.99. The van der Waals surface area contributed by atoms with Gasteiger partial charge < -0.3 is 0 Å². The molecule has 0 atom stereocenters. The molecule has 0 saturated carbocycles. The molecule has 0 aliphatic carbocycles. The van der Waals surface area contributed by atoms with Gasteiger partial charge in [-0.15, -0.1) is 0 Å². The number of benzene rings is 1. The van der Waals surface area contributed by atoms with E-state index in [9.17, 15) is 8.78 Å². The predicted molar refractivity (Wildman–Crippen MR) is 56.7 cm³/mol. The molecular weight excluding hydrogens is 182 g/mol. The Bertz CT molecular complexity index is 227. The minimum atomic E-state index is -2.35. The summed E-state index contributed by atoms with van der Waals surface area (Å²) in [5.41, 5.74) is 1.23. The lowest BCUT2D eigenvalue weighted by Crippen LogP contribution is -1.86. The number of hydrogen-bond acceptors (Lipinski definition) is 0. The summed E-state index contributed by atoms with van der Waals surface area (Å²) in [6.45, 7) is 6.07. The van der Waals surface area contributed by atoms with Crippen molar-refractivity contribution in [2.24, 2.45) is 0 Å². The first kappa shape index (κ1) is 13.1. The second-order valence-corrected chi connectivity index (χ2v) is 2.79. The minimum Gasteiger partial charge on any atom is -0.205 e. The van der Waals surface area contributed by atoms with Crippen LogP contribution in [0, 0.1) is 0 Å². The highest BCUT2D eigenvalue weighted by molar-refractivity contribution is 5.23. The Labute approximate surface area is 85.0 Å². The lowest BCUT2D eigenvalue weighted by atomic mass is 10.1. The average Bonchev–Trinajstić information content (AvgIpc) is 2.22. The van der Waals surface area contributed by atoms with Gasteiger partial charge in [0.15, 0.2) is 0 Å². The Morgan fingerprint density at radius 3 is 1.93 bits per heavy atom. The highest BCUT2D eigenvalue weighted by Crippen LogP contribution is 2.18. The van der Waals surface area contributed by atoms with Gasteiger partial charge in [-0.2, -0.15) is 0 Å². The van der Waals surface area contributed by atoms with Crippen molar-refractivity contribution in [1.29, 1.82) is 0 Å². The lowest BCUT2D eigenvalue weighted by molar-refractivity contribution is 0.151. The lowest BCUT2D eigenvalue weighted by Gasteiger charge is -2.01. The van der Waals surface area contributed by atoms with Crippen LogP contribution in [0.1, 0.15) is 44.7 Å². The summed E-state index contributed by atoms with van der Waals surface area (Å²) in [6.07, 6.45) is -0.335. The van der Waals surface area contributed by atoms with E-state index in [0.717, 1.165) is 18.4 Å². The van der Waals surface area contributed by atoms with Gasteiger partial charge in [0.05, 0.1) is 0 Å². The third-order valence-electron chi connectivity index (χ3n) is 1.77. The predicted octanol–water partition coefficient (Wildman–Crippen LogP) is 4.60. The standard InChI is InChI=1S/C10H12F2.C2H6/c1-2-3-8-4-6-9(7-5-8)10(11)12;1-2/h4-7,10H,2-3H2,1H3;1-2H3. The number of hydrogen-bond donors (Lipinski definition) is 0. The zero-order chi connectivity index (χ0) is 11.0. The van der Waals surface area contributed by atoms with Crippen molar-refractivity contribution in [3.05, 3.63) is 35.4 Å². The molecule has 14 heavy (non-hydrogen) atoms. The van der Waals surface area contributed by atoms with Gasteiger partial charge in [0, 0.05) is 5.56 Å². The van der Waals surface area contributed by atoms with Crippen LogP contribution in [0.2, 0.25) is 0 Å². The van der Waals surface area contributed by atoms with Crippen LogP contribution in [-0.4, -0.2) is 0 Å². The molecule has 0 saturated heterocycles. The second kappa shape index (κ2) is 7.48. The van der Waals surface area contributed by atoms with E-state index >= 15 is 0 Å². The van der Waals surface area contributed by atoms with Crippen LogP contribution in [0.5, 0.6) is 0 Å². The van der Waals surface area contributed by atoms with E-state index in [1.807, 2.05) is 13.8 Å². The van der Waals surface area contributed by atoms with E-state index in [1.54, 1.807) is 12.1 Å². The van der Waals surface area contributed by atoms with E-state index < -0.39 is 6.43 Å². The molecule has 0 spiro atoms. The molecule has 0 heterocycles. The topological polar surface area (TPSA) is 0 Å². The van der Waals surface area contributed by atoms with Gasteiger partial charge >= 0.3 is 0 Å². The number of aryl methyl sites for hydroxylation is 1. The van der Waals surface area contributed by atoms with E-state index in [4.69, 9.17) is 0 Å². The van der Waals surface area contributed by atoms with E-state index in [1.165, 1.54) is 12.1 Å².